The van der Waals surface area contributed by atoms with Crippen LogP contribution >= 0.6 is 0 Å². The van der Waals surface area contributed by atoms with Crippen LogP contribution in [0.1, 0.15) is 13.3 Å². The fourth-order valence-corrected chi connectivity index (χ4v) is 1.01. The van der Waals surface area contributed by atoms with E-state index in [1.54, 1.807) is 0 Å². The van der Waals surface area contributed by atoms with Crippen molar-refractivity contribution in [1.82, 2.24) is 5.32 Å². The lowest BCUT2D eigenvalue weighted by Gasteiger charge is -2.14. The average Bonchev–Trinajstić information content (AvgIpc) is 1.91. The van der Waals surface area contributed by atoms with Crippen LogP contribution < -0.4 is 5.32 Å². The topological polar surface area (TPSA) is 12.0 Å². The van der Waals surface area contributed by atoms with Crippen molar-refractivity contribution in [3.8, 4) is 0 Å². The Kier molecular flexibility index (Phi) is 2.52. The van der Waals surface area contributed by atoms with E-state index >= 15 is 0 Å². The van der Waals surface area contributed by atoms with E-state index in [0.29, 0.717) is 6.04 Å². The zero-order valence-corrected chi connectivity index (χ0v) is 5.80. The van der Waals surface area contributed by atoms with E-state index in [1.165, 1.54) is 0 Å². The highest BCUT2D eigenvalue weighted by Crippen LogP contribution is 1.99. The Morgan fingerprint density at radius 1 is 1.56 bits per heavy atom. The zero-order valence-electron chi connectivity index (χ0n) is 5.80. The van der Waals surface area contributed by atoms with Crippen LogP contribution in [-0.4, -0.2) is 12.6 Å². The molecule has 9 heavy (non-hydrogen) atoms. The van der Waals surface area contributed by atoms with Crippen molar-refractivity contribution >= 4 is 0 Å². The standard InChI is InChI=1S/C8H13N/c1-2-5-8-6-3-4-7-9-8/h2-5,8-9H,6-7H2,1H3/b5-2+. The van der Waals surface area contributed by atoms with Gasteiger partial charge in [-0.2, -0.15) is 0 Å². The fraction of sp³-hybridized carbons (Fsp3) is 0.500. The Morgan fingerprint density at radius 3 is 3.00 bits per heavy atom. The van der Waals surface area contributed by atoms with Crippen LogP contribution in [0.4, 0.5) is 0 Å². The molecule has 0 radical (unpaired) electrons. The van der Waals surface area contributed by atoms with E-state index in [2.05, 4.69) is 36.5 Å². The quantitative estimate of drug-likeness (QED) is 0.521. The maximum Gasteiger partial charge on any atom is 0.0287 e. The molecular formula is C8H13N. The van der Waals surface area contributed by atoms with Crippen LogP contribution in [0.5, 0.6) is 0 Å². The van der Waals surface area contributed by atoms with Crippen LogP contribution in [0, 0.1) is 0 Å². The first-order valence-corrected chi connectivity index (χ1v) is 3.44. The smallest absolute Gasteiger partial charge is 0.0287 e. The SMILES string of the molecule is C/C=C/C1CC=CCN1. The molecule has 1 aliphatic rings. The molecule has 0 fully saturated rings. The van der Waals surface area contributed by atoms with Gasteiger partial charge in [-0.1, -0.05) is 24.3 Å². The monoisotopic (exact) mass is 123 g/mol. The third kappa shape index (κ3) is 2.02. The minimum absolute atomic E-state index is 0.583. The van der Waals surface area contributed by atoms with Crippen LogP contribution in [0.3, 0.4) is 0 Å². The fourth-order valence-electron chi connectivity index (χ4n) is 1.01. The summed E-state index contributed by atoms with van der Waals surface area (Å²) in [6.45, 7) is 3.08. The van der Waals surface area contributed by atoms with E-state index in [-0.39, 0.29) is 0 Å². The van der Waals surface area contributed by atoms with Gasteiger partial charge < -0.3 is 5.32 Å². The summed E-state index contributed by atoms with van der Waals surface area (Å²) in [5.41, 5.74) is 0. The molecule has 0 aromatic rings. The molecule has 1 nitrogen and oxygen atoms in total. The lowest BCUT2D eigenvalue weighted by atomic mass is 10.1. The number of allylic oxidation sites excluding steroid dienone is 1. The lowest BCUT2D eigenvalue weighted by Crippen LogP contribution is -2.29. The summed E-state index contributed by atoms with van der Waals surface area (Å²) in [5, 5.41) is 3.35. The minimum Gasteiger partial charge on any atom is -0.307 e. The molecular weight excluding hydrogens is 110 g/mol. The number of nitrogens with one attached hydrogen (secondary N) is 1. The molecule has 1 rings (SSSR count). The predicted molar refractivity (Wildman–Crippen MR) is 40.4 cm³/mol. The molecule has 50 valence electrons. The number of rotatable bonds is 1. The Labute approximate surface area is 56.5 Å². The van der Waals surface area contributed by atoms with Gasteiger partial charge in [-0.15, -0.1) is 0 Å². The third-order valence-corrected chi connectivity index (χ3v) is 1.48. The molecule has 0 saturated heterocycles. The van der Waals surface area contributed by atoms with Gasteiger partial charge in [-0.05, 0) is 13.3 Å². The Balaban J connectivity index is 2.35. The van der Waals surface area contributed by atoms with Crippen molar-refractivity contribution in [3.63, 3.8) is 0 Å². The minimum atomic E-state index is 0.583. The van der Waals surface area contributed by atoms with Gasteiger partial charge >= 0.3 is 0 Å². The molecule has 0 saturated carbocycles. The molecule has 0 bridgehead atoms. The van der Waals surface area contributed by atoms with Gasteiger partial charge in [-0.25, -0.2) is 0 Å². The summed E-state index contributed by atoms with van der Waals surface area (Å²) < 4.78 is 0. The molecule has 0 aromatic carbocycles. The van der Waals surface area contributed by atoms with Gasteiger partial charge in [0, 0.05) is 12.6 Å². The van der Waals surface area contributed by atoms with Gasteiger partial charge in [0.15, 0.2) is 0 Å². The molecule has 0 aliphatic carbocycles. The van der Waals surface area contributed by atoms with Crippen molar-refractivity contribution in [2.75, 3.05) is 6.54 Å². The lowest BCUT2D eigenvalue weighted by molar-refractivity contribution is 0.618. The first-order valence-electron chi connectivity index (χ1n) is 3.44. The number of hydrogen-bond acceptors (Lipinski definition) is 1. The summed E-state index contributed by atoms with van der Waals surface area (Å²) in [4.78, 5) is 0. The molecule has 1 N–H and O–H groups in total. The molecule has 1 atom stereocenters. The molecule has 1 unspecified atom stereocenters. The van der Waals surface area contributed by atoms with Crippen LogP contribution in [0.25, 0.3) is 0 Å². The second kappa shape index (κ2) is 3.46. The summed E-state index contributed by atoms with van der Waals surface area (Å²) in [6, 6.07) is 0.583. The maximum atomic E-state index is 3.35. The van der Waals surface area contributed by atoms with E-state index in [1.807, 2.05) is 0 Å². The molecule has 0 amide bonds. The molecule has 1 aliphatic heterocycles. The van der Waals surface area contributed by atoms with Crippen LogP contribution in [-0.2, 0) is 0 Å². The largest absolute Gasteiger partial charge is 0.307 e. The summed E-state index contributed by atoms with van der Waals surface area (Å²) in [6.07, 6.45) is 9.83. The van der Waals surface area contributed by atoms with E-state index in [0.717, 1.165) is 13.0 Å². The van der Waals surface area contributed by atoms with Gasteiger partial charge in [0.05, 0.1) is 0 Å². The molecule has 1 heteroatoms. The third-order valence-electron chi connectivity index (χ3n) is 1.48. The van der Waals surface area contributed by atoms with E-state index < -0.39 is 0 Å². The summed E-state index contributed by atoms with van der Waals surface area (Å²) in [7, 11) is 0. The molecule has 0 spiro atoms. The van der Waals surface area contributed by atoms with E-state index in [9.17, 15) is 0 Å². The molecule has 1 heterocycles. The zero-order chi connectivity index (χ0) is 6.53. The van der Waals surface area contributed by atoms with Crippen LogP contribution in [0.15, 0.2) is 24.3 Å². The Hall–Kier alpha value is -0.560. The van der Waals surface area contributed by atoms with Gasteiger partial charge in [0.25, 0.3) is 0 Å². The van der Waals surface area contributed by atoms with Gasteiger partial charge in [0.1, 0.15) is 0 Å². The normalized spacial score (nSPS) is 27.4. The highest BCUT2D eigenvalue weighted by Gasteiger charge is 2.01. The first-order chi connectivity index (χ1) is 4.43. The summed E-state index contributed by atoms with van der Waals surface area (Å²) in [5.74, 6) is 0. The highest BCUT2D eigenvalue weighted by atomic mass is 14.9. The van der Waals surface area contributed by atoms with Crippen molar-refractivity contribution in [2.45, 2.75) is 19.4 Å². The summed E-state index contributed by atoms with van der Waals surface area (Å²) >= 11 is 0. The predicted octanol–water partition coefficient (Wildman–Crippen LogP) is 1.48. The van der Waals surface area contributed by atoms with E-state index in [4.69, 9.17) is 0 Å². The maximum absolute atomic E-state index is 3.35. The van der Waals surface area contributed by atoms with Gasteiger partial charge in [-0.3, -0.25) is 0 Å². The van der Waals surface area contributed by atoms with Gasteiger partial charge in [0.2, 0.25) is 0 Å². The van der Waals surface area contributed by atoms with Crippen LogP contribution in [0.2, 0.25) is 0 Å². The average molecular weight is 123 g/mol. The second-order valence-corrected chi connectivity index (χ2v) is 2.25. The van der Waals surface area contributed by atoms with Crippen molar-refractivity contribution in [2.24, 2.45) is 0 Å². The first kappa shape index (κ1) is 6.56. The molecule has 0 aromatic heterocycles. The van der Waals surface area contributed by atoms with Crippen molar-refractivity contribution in [1.29, 1.82) is 0 Å². The Morgan fingerprint density at radius 2 is 2.44 bits per heavy atom. The highest BCUT2D eigenvalue weighted by molar-refractivity contribution is 5.02. The van der Waals surface area contributed by atoms with Crippen molar-refractivity contribution < 1.29 is 0 Å². The Bertz CT molecular complexity index is 125. The van der Waals surface area contributed by atoms with Crippen molar-refractivity contribution in [3.05, 3.63) is 24.3 Å². The second-order valence-electron chi connectivity index (χ2n) is 2.25. The number of hydrogen-bond donors (Lipinski definition) is 1.